The molecule has 0 unspecified atom stereocenters. The fraction of sp³-hybridized carbons (Fsp3) is 0.600. The summed E-state index contributed by atoms with van der Waals surface area (Å²) in [5.74, 6) is 0.614. The summed E-state index contributed by atoms with van der Waals surface area (Å²) in [5, 5.41) is 0. The lowest BCUT2D eigenvalue weighted by atomic mass is 10.2. The summed E-state index contributed by atoms with van der Waals surface area (Å²) in [5.41, 5.74) is 3.88. The Morgan fingerprint density at radius 1 is 1.14 bits per heavy atom. The minimum atomic E-state index is -4.29. The zero-order valence-electron chi connectivity index (χ0n) is 13.2. The fourth-order valence-corrected chi connectivity index (χ4v) is 2.25. The standard InChI is InChI=1S/C14H19F3O2S.CH5N/c1-11(2)19-7-6-18-8-9-20-13-5-3-4-12(10-13)14(15,16)17;1-2/h3-5,10-11H,6-9H2,1-2H3;2H2,1H3. The highest BCUT2D eigenvalue weighted by Crippen LogP contribution is 2.31. The number of alkyl halides is 3. The molecule has 0 aliphatic heterocycles. The van der Waals surface area contributed by atoms with E-state index in [9.17, 15) is 13.2 Å². The van der Waals surface area contributed by atoms with Crippen molar-refractivity contribution < 1.29 is 22.6 Å². The van der Waals surface area contributed by atoms with Crippen LogP contribution in [-0.2, 0) is 15.7 Å². The van der Waals surface area contributed by atoms with Crippen LogP contribution in [0.4, 0.5) is 13.2 Å². The summed E-state index contributed by atoms with van der Waals surface area (Å²) in [4.78, 5) is 0.599. The quantitative estimate of drug-likeness (QED) is 0.578. The molecule has 3 nitrogen and oxygen atoms in total. The minimum absolute atomic E-state index is 0.179. The number of rotatable bonds is 8. The van der Waals surface area contributed by atoms with Crippen LogP contribution in [0.15, 0.2) is 29.2 Å². The van der Waals surface area contributed by atoms with Crippen molar-refractivity contribution in [1.82, 2.24) is 0 Å². The van der Waals surface area contributed by atoms with Gasteiger partial charge in [0.05, 0.1) is 31.5 Å². The van der Waals surface area contributed by atoms with Gasteiger partial charge < -0.3 is 15.2 Å². The Bertz CT molecular complexity index is 401. The molecule has 0 bridgehead atoms. The van der Waals surface area contributed by atoms with Gasteiger partial charge in [0.15, 0.2) is 0 Å². The van der Waals surface area contributed by atoms with Crippen molar-refractivity contribution in [3.05, 3.63) is 29.8 Å². The maximum absolute atomic E-state index is 12.5. The summed E-state index contributed by atoms with van der Waals surface area (Å²) in [6.07, 6.45) is -4.11. The molecule has 1 rings (SSSR count). The first-order valence-electron chi connectivity index (χ1n) is 6.96. The Hall–Kier alpha value is -0.760. The van der Waals surface area contributed by atoms with Crippen LogP contribution in [0.25, 0.3) is 0 Å². The van der Waals surface area contributed by atoms with E-state index in [1.54, 1.807) is 6.07 Å². The van der Waals surface area contributed by atoms with Gasteiger partial charge in [-0.3, -0.25) is 0 Å². The van der Waals surface area contributed by atoms with Crippen LogP contribution in [0, 0.1) is 0 Å². The Morgan fingerprint density at radius 3 is 2.41 bits per heavy atom. The van der Waals surface area contributed by atoms with Crippen LogP contribution < -0.4 is 5.73 Å². The van der Waals surface area contributed by atoms with Crippen molar-refractivity contribution in [3.8, 4) is 0 Å². The van der Waals surface area contributed by atoms with Crippen LogP contribution >= 0.6 is 11.8 Å². The molecule has 0 saturated heterocycles. The largest absolute Gasteiger partial charge is 0.416 e. The number of halogens is 3. The minimum Gasteiger partial charge on any atom is -0.378 e. The van der Waals surface area contributed by atoms with Crippen LogP contribution in [0.3, 0.4) is 0 Å². The molecule has 7 heteroatoms. The van der Waals surface area contributed by atoms with Crippen molar-refractivity contribution in [2.45, 2.75) is 31.0 Å². The van der Waals surface area contributed by atoms with E-state index in [0.717, 1.165) is 12.1 Å². The van der Waals surface area contributed by atoms with Crippen LogP contribution in [-0.4, -0.2) is 38.7 Å². The Labute approximate surface area is 134 Å². The van der Waals surface area contributed by atoms with E-state index in [0.29, 0.717) is 30.5 Å². The first-order chi connectivity index (χ1) is 10.4. The Kier molecular flexibility index (Phi) is 11.4. The van der Waals surface area contributed by atoms with Crippen molar-refractivity contribution >= 4 is 11.8 Å². The van der Waals surface area contributed by atoms with E-state index in [2.05, 4.69) is 5.73 Å². The van der Waals surface area contributed by atoms with Gasteiger partial charge in [0.25, 0.3) is 0 Å². The highest BCUT2D eigenvalue weighted by atomic mass is 32.2. The van der Waals surface area contributed by atoms with E-state index in [4.69, 9.17) is 9.47 Å². The number of thioether (sulfide) groups is 1. The predicted molar refractivity (Wildman–Crippen MR) is 84.2 cm³/mol. The van der Waals surface area contributed by atoms with Gasteiger partial charge in [0.1, 0.15) is 0 Å². The van der Waals surface area contributed by atoms with Gasteiger partial charge >= 0.3 is 6.18 Å². The van der Waals surface area contributed by atoms with Crippen LogP contribution in [0.2, 0.25) is 0 Å². The number of hydrogen-bond donors (Lipinski definition) is 1. The van der Waals surface area contributed by atoms with Crippen molar-refractivity contribution in [1.29, 1.82) is 0 Å². The Balaban J connectivity index is 0.00000211. The van der Waals surface area contributed by atoms with Gasteiger partial charge in [0, 0.05) is 10.6 Å². The number of nitrogens with two attached hydrogens (primary N) is 1. The van der Waals surface area contributed by atoms with Gasteiger partial charge in [-0.15, -0.1) is 11.8 Å². The predicted octanol–water partition coefficient (Wildman–Crippen LogP) is 3.81. The Morgan fingerprint density at radius 2 is 1.82 bits per heavy atom. The molecule has 0 aliphatic carbocycles. The topological polar surface area (TPSA) is 44.5 Å². The van der Waals surface area contributed by atoms with Crippen molar-refractivity contribution in [2.75, 3.05) is 32.6 Å². The molecular formula is C15H24F3NO2S. The van der Waals surface area contributed by atoms with E-state index < -0.39 is 11.7 Å². The van der Waals surface area contributed by atoms with Gasteiger partial charge in [-0.05, 0) is 39.1 Å². The first kappa shape index (κ1) is 21.2. The molecule has 0 atom stereocenters. The zero-order chi connectivity index (χ0) is 17.0. The summed E-state index contributed by atoms with van der Waals surface area (Å²) in [7, 11) is 1.50. The SMILES string of the molecule is CC(C)OCCOCCSc1cccc(C(F)(F)F)c1.CN. The van der Waals surface area contributed by atoms with Gasteiger partial charge in [-0.2, -0.15) is 13.2 Å². The molecule has 0 saturated carbocycles. The van der Waals surface area contributed by atoms with Crippen molar-refractivity contribution in [2.24, 2.45) is 5.73 Å². The molecule has 128 valence electrons. The molecule has 0 fully saturated rings. The average Bonchev–Trinajstić information content (AvgIpc) is 2.47. The molecular weight excluding hydrogens is 315 g/mol. The maximum atomic E-state index is 12.5. The normalized spacial score (nSPS) is 11.3. The third kappa shape index (κ3) is 10.0. The van der Waals surface area contributed by atoms with E-state index in [1.165, 1.54) is 24.9 Å². The van der Waals surface area contributed by atoms with E-state index in [1.807, 2.05) is 13.8 Å². The number of ether oxygens (including phenoxy) is 2. The monoisotopic (exact) mass is 339 g/mol. The van der Waals surface area contributed by atoms with Gasteiger partial charge in [-0.25, -0.2) is 0 Å². The molecule has 0 radical (unpaired) electrons. The van der Waals surface area contributed by atoms with Crippen LogP contribution in [0.1, 0.15) is 19.4 Å². The summed E-state index contributed by atoms with van der Waals surface area (Å²) < 4.78 is 48.2. The molecule has 2 N–H and O–H groups in total. The average molecular weight is 339 g/mol. The molecule has 1 aromatic carbocycles. The lowest BCUT2D eigenvalue weighted by Gasteiger charge is -2.09. The summed E-state index contributed by atoms with van der Waals surface area (Å²) >= 11 is 1.35. The second-order valence-electron chi connectivity index (χ2n) is 4.41. The molecule has 22 heavy (non-hydrogen) atoms. The number of hydrogen-bond acceptors (Lipinski definition) is 4. The molecule has 0 amide bonds. The molecule has 0 aliphatic rings. The molecule has 0 spiro atoms. The second kappa shape index (κ2) is 11.8. The smallest absolute Gasteiger partial charge is 0.378 e. The third-order valence-electron chi connectivity index (χ3n) is 2.34. The van der Waals surface area contributed by atoms with Crippen LogP contribution in [0.5, 0.6) is 0 Å². The molecule has 1 aromatic rings. The molecule has 0 heterocycles. The van der Waals surface area contributed by atoms with E-state index >= 15 is 0 Å². The highest BCUT2D eigenvalue weighted by molar-refractivity contribution is 7.99. The summed E-state index contributed by atoms with van der Waals surface area (Å²) in [6, 6.07) is 5.32. The highest BCUT2D eigenvalue weighted by Gasteiger charge is 2.30. The van der Waals surface area contributed by atoms with Crippen molar-refractivity contribution in [3.63, 3.8) is 0 Å². The maximum Gasteiger partial charge on any atom is 0.416 e. The first-order valence-corrected chi connectivity index (χ1v) is 7.95. The molecule has 0 aromatic heterocycles. The van der Waals surface area contributed by atoms with E-state index in [-0.39, 0.29) is 6.10 Å². The third-order valence-corrected chi connectivity index (χ3v) is 3.29. The fourth-order valence-electron chi connectivity index (χ4n) is 1.43. The number of benzene rings is 1. The summed E-state index contributed by atoms with van der Waals surface area (Å²) in [6.45, 7) is 5.42. The zero-order valence-corrected chi connectivity index (χ0v) is 14.0. The lowest BCUT2D eigenvalue weighted by molar-refractivity contribution is -0.137. The lowest BCUT2D eigenvalue weighted by Crippen LogP contribution is -2.10. The second-order valence-corrected chi connectivity index (χ2v) is 5.57. The van der Waals surface area contributed by atoms with Gasteiger partial charge in [0.2, 0.25) is 0 Å². The van der Waals surface area contributed by atoms with Gasteiger partial charge in [-0.1, -0.05) is 6.07 Å².